The molecule has 1 aromatic carbocycles. The Morgan fingerprint density at radius 1 is 1.38 bits per heavy atom. The van der Waals surface area contributed by atoms with Crippen LogP contribution >= 0.6 is 11.3 Å². The average molecular weight is 372 g/mol. The van der Waals surface area contributed by atoms with Crippen LogP contribution in [0.5, 0.6) is 0 Å². The molecule has 4 rings (SSSR count). The summed E-state index contributed by atoms with van der Waals surface area (Å²) in [5.74, 6) is 0.339. The lowest BCUT2D eigenvalue weighted by Gasteiger charge is -2.15. The summed E-state index contributed by atoms with van der Waals surface area (Å²) < 4.78 is 15.0. The van der Waals surface area contributed by atoms with Crippen molar-refractivity contribution >= 4 is 27.5 Å². The zero-order valence-corrected chi connectivity index (χ0v) is 15.6. The first-order chi connectivity index (χ1) is 12.6. The Morgan fingerprint density at radius 3 is 2.88 bits per heavy atom. The topological polar surface area (TPSA) is 50.2 Å². The second kappa shape index (κ2) is 6.81. The quantitative estimate of drug-likeness (QED) is 0.765. The number of halogens is 1. The van der Waals surface area contributed by atoms with Gasteiger partial charge >= 0.3 is 0 Å². The van der Waals surface area contributed by atoms with Gasteiger partial charge in [0.15, 0.2) is 0 Å². The third-order valence-corrected chi connectivity index (χ3v) is 5.99. The van der Waals surface area contributed by atoms with Gasteiger partial charge in [-0.1, -0.05) is 0 Å². The highest BCUT2D eigenvalue weighted by atomic mass is 32.1. The lowest BCUT2D eigenvalue weighted by molar-refractivity contribution is 0.0792. The number of likely N-dealkylation sites (tertiary alicyclic amines) is 1. The molecule has 5 nitrogen and oxygen atoms in total. The summed E-state index contributed by atoms with van der Waals surface area (Å²) in [7, 11) is 1.94. The number of hydrogen-bond acceptors (Lipinski definition) is 4. The number of carbonyl (C=O) groups excluding carboxylic acids is 1. The Balaban J connectivity index is 1.65. The zero-order chi connectivity index (χ0) is 18.3. The van der Waals surface area contributed by atoms with E-state index in [1.807, 2.05) is 24.9 Å². The van der Waals surface area contributed by atoms with E-state index in [2.05, 4.69) is 10.4 Å². The minimum atomic E-state index is -0.277. The monoisotopic (exact) mass is 372 g/mol. The van der Waals surface area contributed by atoms with Gasteiger partial charge in [0, 0.05) is 18.5 Å². The first kappa shape index (κ1) is 17.2. The van der Waals surface area contributed by atoms with Crippen molar-refractivity contribution in [2.24, 2.45) is 5.92 Å². The second-order valence-corrected chi connectivity index (χ2v) is 7.80. The van der Waals surface area contributed by atoms with E-state index in [0.29, 0.717) is 5.92 Å². The van der Waals surface area contributed by atoms with E-state index < -0.39 is 0 Å². The van der Waals surface area contributed by atoms with Crippen LogP contribution in [0.25, 0.3) is 15.9 Å². The predicted molar refractivity (Wildman–Crippen MR) is 102 cm³/mol. The van der Waals surface area contributed by atoms with Gasteiger partial charge in [0.25, 0.3) is 5.91 Å². The van der Waals surface area contributed by atoms with Gasteiger partial charge in [0.2, 0.25) is 0 Å². The zero-order valence-electron chi connectivity index (χ0n) is 14.8. The van der Waals surface area contributed by atoms with Gasteiger partial charge in [-0.05, 0) is 63.2 Å². The molecular formula is C19H21FN4OS. The minimum absolute atomic E-state index is 0.0925. The number of hydrogen-bond donors (Lipinski definition) is 1. The van der Waals surface area contributed by atoms with Crippen LogP contribution < -0.4 is 5.32 Å². The van der Waals surface area contributed by atoms with Crippen LogP contribution in [0.4, 0.5) is 4.39 Å². The highest BCUT2D eigenvalue weighted by Crippen LogP contribution is 2.32. The largest absolute Gasteiger partial charge is 0.338 e. The average Bonchev–Trinajstić information content (AvgIpc) is 3.33. The summed E-state index contributed by atoms with van der Waals surface area (Å²) in [5.41, 5.74) is 1.66. The van der Waals surface area contributed by atoms with Crippen molar-refractivity contribution in [1.29, 1.82) is 0 Å². The molecule has 1 atom stereocenters. The maximum atomic E-state index is 13.2. The Morgan fingerprint density at radius 2 is 2.15 bits per heavy atom. The number of nitrogens with one attached hydrogen (secondary N) is 1. The molecule has 1 unspecified atom stereocenters. The molecule has 1 aliphatic rings. The Kier molecular flexibility index (Phi) is 4.50. The highest BCUT2D eigenvalue weighted by Gasteiger charge is 2.28. The Labute approximate surface area is 155 Å². The van der Waals surface area contributed by atoms with E-state index in [4.69, 9.17) is 0 Å². The molecule has 0 aliphatic carbocycles. The summed E-state index contributed by atoms with van der Waals surface area (Å²) >= 11 is 1.45. The fourth-order valence-corrected chi connectivity index (χ4v) is 4.69. The molecule has 136 valence electrons. The van der Waals surface area contributed by atoms with Gasteiger partial charge in [-0.25, -0.2) is 9.07 Å². The van der Waals surface area contributed by atoms with Crippen molar-refractivity contribution in [2.75, 3.05) is 26.7 Å². The van der Waals surface area contributed by atoms with Crippen LogP contribution in [-0.4, -0.2) is 47.3 Å². The second-order valence-electron chi connectivity index (χ2n) is 6.77. The molecule has 0 bridgehead atoms. The SMILES string of the molecule is CNCC1CCN(C(=O)c2cc3c(C)nn(-c4ccc(F)cc4)c3s2)C1. The van der Waals surface area contributed by atoms with E-state index in [1.54, 1.807) is 16.8 Å². The van der Waals surface area contributed by atoms with E-state index in [1.165, 1.54) is 23.5 Å². The van der Waals surface area contributed by atoms with Crippen LogP contribution in [0.1, 0.15) is 21.8 Å². The number of aromatic nitrogens is 2. The van der Waals surface area contributed by atoms with Crippen molar-refractivity contribution in [1.82, 2.24) is 20.0 Å². The van der Waals surface area contributed by atoms with Crippen LogP contribution in [0.15, 0.2) is 30.3 Å². The maximum absolute atomic E-state index is 13.2. The van der Waals surface area contributed by atoms with Crippen LogP contribution in [0.2, 0.25) is 0 Å². The first-order valence-corrected chi connectivity index (χ1v) is 9.57. The van der Waals surface area contributed by atoms with Crippen molar-refractivity contribution in [3.05, 3.63) is 46.7 Å². The number of benzene rings is 1. The third-order valence-electron chi connectivity index (χ3n) is 4.89. The molecule has 0 spiro atoms. The molecule has 3 heterocycles. The molecule has 0 radical (unpaired) electrons. The molecule has 26 heavy (non-hydrogen) atoms. The van der Waals surface area contributed by atoms with Gasteiger partial charge in [0.05, 0.1) is 16.3 Å². The molecule has 1 saturated heterocycles. The maximum Gasteiger partial charge on any atom is 0.264 e. The normalized spacial score (nSPS) is 17.3. The molecule has 1 amide bonds. The molecule has 1 fully saturated rings. The molecule has 0 saturated carbocycles. The molecule has 3 aromatic rings. The van der Waals surface area contributed by atoms with E-state index in [0.717, 1.165) is 52.5 Å². The molecule has 7 heteroatoms. The highest BCUT2D eigenvalue weighted by molar-refractivity contribution is 7.20. The number of aryl methyl sites for hydroxylation is 1. The molecule has 1 aliphatic heterocycles. The predicted octanol–water partition coefficient (Wildman–Crippen LogP) is 3.22. The van der Waals surface area contributed by atoms with E-state index >= 15 is 0 Å². The molecule has 2 aromatic heterocycles. The van der Waals surface area contributed by atoms with Gasteiger partial charge in [-0.3, -0.25) is 4.79 Å². The lowest BCUT2D eigenvalue weighted by Crippen LogP contribution is -2.29. The number of thiophene rings is 1. The van der Waals surface area contributed by atoms with Crippen LogP contribution in [0, 0.1) is 18.7 Å². The Bertz CT molecular complexity index is 947. The number of fused-ring (bicyclic) bond motifs is 1. The summed E-state index contributed by atoms with van der Waals surface area (Å²) in [6.45, 7) is 4.48. The summed E-state index contributed by atoms with van der Waals surface area (Å²) in [6, 6.07) is 8.18. The van der Waals surface area contributed by atoms with Gasteiger partial charge < -0.3 is 10.2 Å². The summed E-state index contributed by atoms with van der Waals surface area (Å²) in [6.07, 6.45) is 1.04. The standard InChI is InChI=1S/C19H21FN4OS/c1-12-16-9-17(18(25)23-8-7-13(11-23)10-21-2)26-19(16)24(22-12)15-5-3-14(20)4-6-15/h3-6,9,13,21H,7-8,10-11H2,1-2H3. The van der Waals surface area contributed by atoms with E-state index in [9.17, 15) is 9.18 Å². The van der Waals surface area contributed by atoms with Crippen molar-refractivity contribution in [2.45, 2.75) is 13.3 Å². The van der Waals surface area contributed by atoms with Gasteiger partial charge in [-0.15, -0.1) is 11.3 Å². The summed E-state index contributed by atoms with van der Waals surface area (Å²) in [5, 5.41) is 8.73. The van der Waals surface area contributed by atoms with Crippen molar-refractivity contribution < 1.29 is 9.18 Å². The fourth-order valence-electron chi connectivity index (χ4n) is 3.54. The fraction of sp³-hybridized carbons (Fsp3) is 0.368. The summed E-state index contributed by atoms with van der Waals surface area (Å²) in [4.78, 5) is 16.5. The number of nitrogens with zero attached hydrogens (tertiary/aromatic N) is 3. The third kappa shape index (κ3) is 3.01. The van der Waals surface area contributed by atoms with E-state index in [-0.39, 0.29) is 11.7 Å². The van der Waals surface area contributed by atoms with Crippen molar-refractivity contribution in [3.8, 4) is 5.69 Å². The first-order valence-electron chi connectivity index (χ1n) is 8.76. The van der Waals surface area contributed by atoms with Crippen LogP contribution in [0.3, 0.4) is 0 Å². The number of carbonyl (C=O) groups is 1. The van der Waals surface area contributed by atoms with Gasteiger partial charge in [-0.2, -0.15) is 5.10 Å². The number of rotatable bonds is 4. The number of amides is 1. The van der Waals surface area contributed by atoms with Crippen LogP contribution in [-0.2, 0) is 0 Å². The minimum Gasteiger partial charge on any atom is -0.338 e. The molecule has 1 N–H and O–H groups in total. The van der Waals surface area contributed by atoms with Crippen molar-refractivity contribution in [3.63, 3.8) is 0 Å². The Hall–Kier alpha value is -2.25. The van der Waals surface area contributed by atoms with Gasteiger partial charge in [0.1, 0.15) is 10.6 Å². The molecular weight excluding hydrogens is 351 g/mol. The lowest BCUT2D eigenvalue weighted by atomic mass is 10.1. The smallest absolute Gasteiger partial charge is 0.264 e.